The number of hydrogen-bond donors (Lipinski definition) is 2. The minimum atomic E-state index is -5.32. The number of hydrogen-bond acceptors (Lipinski definition) is 16. The second-order valence-corrected chi connectivity index (χ2v) is 17.6. The van der Waals surface area contributed by atoms with Gasteiger partial charge in [-0.3, -0.25) is 14.1 Å². The fourth-order valence-electron chi connectivity index (χ4n) is 8.69. The van der Waals surface area contributed by atoms with Crippen LogP contribution in [0.3, 0.4) is 0 Å². The van der Waals surface area contributed by atoms with Crippen molar-refractivity contribution in [3.05, 3.63) is 127 Å². The molecule has 2 aromatic carbocycles. The molecule has 0 bridgehead atoms. The normalized spacial score (nSPS) is 18.8. The summed E-state index contributed by atoms with van der Waals surface area (Å²) in [7, 11) is -10.1. The van der Waals surface area contributed by atoms with Crippen LogP contribution in [0.5, 0.6) is 0 Å². The smallest absolute Gasteiger partial charge is 0.790 e. The third-order valence-electron chi connectivity index (χ3n) is 11.8. The topological polar surface area (TPSA) is 280 Å². The Labute approximate surface area is 418 Å². The zero-order valence-electron chi connectivity index (χ0n) is 35.9. The first-order valence-corrected chi connectivity index (χ1v) is 22.8. The summed E-state index contributed by atoms with van der Waals surface area (Å²) >= 11 is 0. The van der Waals surface area contributed by atoms with Crippen molar-refractivity contribution in [3.8, 4) is 22.8 Å². The number of phosphoric ester groups is 2. The van der Waals surface area contributed by atoms with Crippen molar-refractivity contribution in [2.45, 2.75) is 64.2 Å². The molecule has 4 aromatic heterocycles. The van der Waals surface area contributed by atoms with Gasteiger partial charge in [0.15, 0.2) is 24.8 Å². The fourth-order valence-corrected chi connectivity index (χ4v) is 9.06. The molecule has 66 heavy (non-hydrogen) atoms. The van der Waals surface area contributed by atoms with Crippen LogP contribution in [0.4, 0.5) is 0 Å². The molecule has 332 valence electrons. The Morgan fingerprint density at radius 1 is 0.667 bits per heavy atom. The Kier molecular flexibility index (Phi) is 14.4. The van der Waals surface area contributed by atoms with E-state index in [9.17, 15) is 38.1 Å². The van der Waals surface area contributed by atoms with Crippen LogP contribution in [0.2, 0.25) is 0 Å². The number of para-hydroxylation sites is 2. The maximum atomic E-state index is 13.3. The molecule has 4 aliphatic rings. The molecule has 0 aliphatic carbocycles. The quantitative estimate of drug-likeness (QED) is 0.0601. The van der Waals surface area contributed by atoms with Crippen LogP contribution in [-0.2, 0) is 84.2 Å². The van der Waals surface area contributed by atoms with Gasteiger partial charge in [0.25, 0.3) is 11.1 Å². The molecule has 8 heterocycles. The third kappa shape index (κ3) is 8.89. The van der Waals surface area contributed by atoms with Gasteiger partial charge in [0.1, 0.15) is 13.2 Å². The molecule has 0 saturated carbocycles. The Balaban J connectivity index is 0.000000191. The number of cyclic esters (lactones) is 2. The van der Waals surface area contributed by atoms with Gasteiger partial charge < -0.3 is 56.7 Å². The number of carbonyl (C=O) groups is 2. The SMILES string of the molecule is CC[C@@]1(OCOP(=O)(O)O)C(=O)OCc2c1cc1n(c2=O)Cc2cc3ccccc3nc2-1.CC[C@@]1(OCOP(=O)([O-])[O-])C(=O)OCc2c1cc1n(c2=O)Cc2cc3ccccc3nc2-1.[Na+].[Na+]. The summed E-state index contributed by atoms with van der Waals surface area (Å²) < 4.78 is 55.1. The first kappa shape index (κ1) is 50.1. The van der Waals surface area contributed by atoms with E-state index in [1.54, 1.807) is 35.1 Å². The van der Waals surface area contributed by atoms with E-state index in [-0.39, 0.29) is 113 Å². The number of nitrogens with zero attached hydrogens (tertiary/aromatic N) is 4. The predicted molar refractivity (Wildman–Crippen MR) is 218 cm³/mol. The van der Waals surface area contributed by atoms with Crippen molar-refractivity contribution in [1.82, 2.24) is 19.1 Å². The van der Waals surface area contributed by atoms with Crippen molar-refractivity contribution in [1.29, 1.82) is 0 Å². The summed E-state index contributed by atoms with van der Waals surface area (Å²) in [5.74, 6) is -1.55. The Hall–Kier alpha value is -3.76. The number of rotatable bonds is 10. The van der Waals surface area contributed by atoms with Crippen LogP contribution in [0, 0.1) is 0 Å². The predicted octanol–water partition coefficient (Wildman–Crippen LogP) is -2.91. The zero-order chi connectivity index (χ0) is 45.3. The number of benzene rings is 2. The molecule has 0 fully saturated rings. The third-order valence-corrected chi connectivity index (χ3v) is 12.7. The average molecular weight is 961 g/mol. The van der Waals surface area contributed by atoms with E-state index >= 15 is 0 Å². The van der Waals surface area contributed by atoms with Gasteiger partial charge in [-0.15, -0.1) is 0 Å². The summed E-state index contributed by atoms with van der Waals surface area (Å²) in [6.07, 6.45) is 0.0787. The molecule has 0 amide bonds. The van der Waals surface area contributed by atoms with Gasteiger partial charge in [-0.2, -0.15) is 0 Å². The first-order valence-electron chi connectivity index (χ1n) is 19.8. The molecule has 4 aliphatic heterocycles. The Bertz CT molecular complexity index is 2980. The molecule has 24 heteroatoms. The average Bonchev–Trinajstić information content (AvgIpc) is 3.80. The number of carbonyl (C=O) groups excluding carboxylic acids is 2. The van der Waals surface area contributed by atoms with E-state index in [1.165, 1.54) is 0 Å². The maximum absolute atomic E-state index is 13.3. The van der Waals surface area contributed by atoms with E-state index in [4.69, 9.17) is 38.7 Å². The van der Waals surface area contributed by atoms with Crippen molar-refractivity contribution in [2.24, 2.45) is 0 Å². The van der Waals surface area contributed by atoms with Crippen LogP contribution in [0.1, 0.15) is 60.1 Å². The molecule has 0 radical (unpaired) electrons. The number of phosphoric acid groups is 2. The second kappa shape index (κ2) is 19.0. The fraction of sp³-hybridized carbons (Fsp3) is 0.286. The minimum absolute atomic E-state index is 0. The second-order valence-electron chi connectivity index (χ2n) is 15.2. The van der Waals surface area contributed by atoms with Crippen LogP contribution in [0.15, 0.2) is 82.4 Å². The van der Waals surface area contributed by atoms with Gasteiger partial charge in [-0.1, -0.05) is 50.2 Å². The summed E-state index contributed by atoms with van der Waals surface area (Å²) in [5.41, 5.74) is 2.40. The van der Waals surface area contributed by atoms with Gasteiger partial charge in [0.2, 0.25) is 0 Å². The van der Waals surface area contributed by atoms with Gasteiger partial charge >= 0.3 is 78.9 Å². The Morgan fingerprint density at radius 2 is 1.08 bits per heavy atom. The molecule has 2 atom stereocenters. The minimum Gasteiger partial charge on any atom is -0.790 e. The standard InChI is InChI=1S/2C21H19N2O8P.2Na/c2*1-2-21(30-11-31-32(26,27)28)15-8-17-18-13(7-12-5-3-4-6-16(12)22-18)9-23(17)19(24)14(15)10-29-20(21)25;;/h2*3-8H,2,9-11H2,1H3,(H2,26,27,28);;/q;;2*+1/p-2/t2*21-;;/m00../s1. The van der Waals surface area contributed by atoms with Crippen LogP contribution in [-0.4, -0.2) is 54.4 Å². The summed E-state index contributed by atoms with van der Waals surface area (Å²) in [6, 6.07) is 22.5. The zero-order valence-corrected chi connectivity index (χ0v) is 41.7. The summed E-state index contributed by atoms with van der Waals surface area (Å²) in [6.45, 7) is 1.63. The summed E-state index contributed by atoms with van der Waals surface area (Å²) in [4.78, 5) is 101. The first-order chi connectivity index (χ1) is 30.5. The molecule has 20 nitrogen and oxygen atoms in total. The van der Waals surface area contributed by atoms with Crippen molar-refractivity contribution < 1.29 is 125 Å². The largest absolute Gasteiger partial charge is 1.00 e. The number of aromatic nitrogens is 4. The van der Waals surface area contributed by atoms with Gasteiger partial charge in [0.05, 0.1) is 65.8 Å². The number of pyridine rings is 4. The van der Waals surface area contributed by atoms with E-state index in [1.807, 2.05) is 60.7 Å². The van der Waals surface area contributed by atoms with Crippen LogP contribution in [0.25, 0.3) is 44.6 Å². The molecule has 2 N–H and O–H groups in total. The number of ether oxygens (including phenoxy) is 4. The van der Waals surface area contributed by atoms with E-state index < -0.39 is 52.4 Å². The number of fused-ring (bicyclic) bond motifs is 10. The van der Waals surface area contributed by atoms with E-state index in [2.05, 4.69) is 9.05 Å². The van der Waals surface area contributed by atoms with E-state index in [0.717, 1.165) is 32.9 Å². The summed E-state index contributed by atoms with van der Waals surface area (Å²) in [5, 5.41) is 1.90. The van der Waals surface area contributed by atoms with Crippen molar-refractivity contribution in [3.63, 3.8) is 0 Å². The molecule has 6 aromatic rings. The maximum Gasteiger partial charge on any atom is 1.00 e. The molecule has 0 spiro atoms. The monoisotopic (exact) mass is 960 g/mol. The van der Waals surface area contributed by atoms with Crippen molar-refractivity contribution in [2.75, 3.05) is 13.6 Å². The van der Waals surface area contributed by atoms with Gasteiger partial charge in [-0.25, -0.2) is 24.1 Å². The van der Waals surface area contributed by atoms with E-state index in [0.29, 0.717) is 41.4 Å². The molecule has 0 unspecified atom stereocenters. The molecule has 10 rings (SSSR count). The molecular formula is C42H36N4Na2O16P2. The number of esters is 2. The van der Waals surface area contributed by atoms with Gasteiger partial charge in [0, 0.05) is 33.0 Å². The van der Waals surface area contributed by atoms with Crippen LogP contribution < -0.4 is 80.0 Å². The molecule has 0 saturated heterocycles. The van der Waals surface area contributed by atoms with Gasteiger partial charge in [-0.05, 0) is 49.2 Å². The Morgan fingerprint density at radius 3 is 1.47 bits per heavy atom. The molecular weight excluding hydrogens is 924 g/mol. The van der Waals surface area contributed by atoms with Crippen molar-refractivity contribution >= 4 is 49.4 Å². The van der Waals surface area contributed by atoms with Crippen LogP contribution >= 0.6 is 15.6 Å².